The molecule has 11 aromatic rings. The number of anilines is 6. The third kappa shape index (κ3) is 5.34. The van der Waals surface area contributed by atoms with Crippen molar-refractivity contribution in [1.29, 1.82) is 0 Å². The number of fused-ring (bicyclic) bond motifs is 2. The molecular weight excluding hydrogens is 677 g/mol. The Morgan fingerprint density at radius 3 is 1.30 bits per heavy atom. The van der Waals surface area contributed by atoms with Crippen molar-refractivity contribution >= 4 is 88.0 Å². The van der Waals surface area contributed by atoms with Gasteiger partial charge in [0.05, 0.1) is 5.69 Å². The highest BCUT2D eigenvalue weighted by molar-refractivity contribution is 6.28. The monoisotopic (exact) mass is 712 g/mol. The first kappa shape index (κ1) is 32.0. The first-order valence-corrected chi connectivity index (χ1v) is 19.3. The zero-order chi connectivity index (χ0) is 37.0. The minimum atomic E-state index is 1.11. The van der Waals surface area contributed by atoms with Crippen LogP contribution in [0.15, 0.2) is 218 Å². The van der Waals surface area contributed by atoms with E-state index < -0.39 is 0 Å². The molecule has 0 aliphatic rings. The summed E-state index contributed by atoms with van der Waals surface area (Å²) in [5.41, 5.74) is 9.12. The van der Waals surface area contributed by atoms with E-state index in [2.05, 4.69) is 228 Å². The van der Waals surface area contributed by atoms with Gasteiger partial charge in [-0.1, -0.05) is 152 Å². The SMILES string of the molecule is c1ccc(N(c2ccc(-c3cc(N(c4ccccc4)c4ccc5ccccc5c4)c4ccc5cccc6ccc3c4c65)cc2)c2ccc3ccccc3c2)cc1. The summed E-state index contributed by atoms with van der Waals surface area (Å²) in [5.74, 6) is 0. The second-order valence-electron chi connectivity index (χ2n) is 14.6. The van der Waals surface area contributed by atoms with Gasteiger partial charge in [-0.05, 0) is 121 Å². The molecule has 0 radical (unpaired) electrons. The van der Waals surface area contributed by atoms with Gasteiger partial charge in [0, 0.05) is 39.2 Å². The smallest absolute Gasteiger partial charge is 0.0546 e. The van der Waals surface area contributed by atoms with E-state index in [0.717, 1.165) is 34.1 Å². The molecular formula is C54H36N2. The minimum absolute atomic E-state index is 1.11. The Morgan fingerprint density at radius 1 is 0.250 bits per heavy atom. The Balaban J connectivity index is 1.14. The van der Waals surface area contributed by atoms with Crippen LogP contribution >= 0.6 is 0 Å². The van der Waals surface area contributed by atoms with Crippen LogP contribution in [0.2, 0.25) is 0 Å². The third-order valence-electron chi connectivity index (χ3n) is 11.3. The molecule has 0 spiro atoms. The summed E-state index contributed by atoms with van der Waals surface area (Å²) in [6, 6.07) is 79.6. The molecule has 0 saturated carbocycles. The van der Waals surface area contributed by atoms with Crippen molar-refractivity contribution in [3.63, 3.8) is 0 Å². The molecule has 0 atom stereocenters. The van der Waals surface area contributed by atoms with Gasteiger partial charge in [-0.25, -0.2) is 0 Å². The fourth-order valence-electron chi connectivity index (χ4n) is 8.69. The van der Waals surface area contributed by atoms with E-state index in [-0.39, 0.29) is 0 Å². The number of nitrogens with zero attached hydrogens (tertiary/aromatic N) is 2. The standard InChI is InChI=1S/C54H36N2/c1-3-18-44(19-4-1)55(47-30-22-37-12-7-9-14-42(37)34-47)46-28-24-39(25-29-46)51-36-52(50-33-27-41-17-11-16-40-26-32-49(51)54(50)53(40)41)56(45-20-5-2-6-21-45)48-31-23-38-13-8-10-15-43(38)35-48/h1-36H. The highest BCUT2D eigenvalue weighted by Gasteiger charge is 2.22. The third-order valence-corrected chi connectivity index (χ3v) is 11.3. The van der Waals surface area contributed by atoms with E-state index in [4.69, 9.17) is 0 Å². The first-order valence-electron chi connectivity index (χ1n) is 19.3. The number of benzene rings is 11. The molecule has 0 fully saturated rings. The normalized spacial score (nSPS) is 11.6. The van der Waals surface area contributed by atoms with Gasteiger partial charge < -0.3 is 9.80 Å². The minimum Gasteiger partial charge on any atom is -0.310 e. The number of rotatable bonds is 7. The van der Waals surface area contributed by atoms with Gasteiger partial charge >= 0.3 is 0 Å². The lowest BCUT2D eigenvalue weighted by molar-refractivity contribution is 1.29. The lowest BCUT2D eigenvalue weighted by Gasteiger charge is -2.29. The Labute approximate surface area is 326 Å². The van der Waals surface area contributed by atoms with Crippen LogP contribution in [0.5, 0.6) is 0 Å². The van der Waals surface area contributed by atoms with Crippen molar-refractivity contribution in [3.8, 4) is 11.1 Å². The van der Waals surface area contributed by atoms with Crippen LogP contribution in [0.25, 0.3) is 65.0 Å². The number of hydrogen-bond acceptors (Lipinski definition) is 2. The fourth-order valence-corrected chi connectivity index (χ4v) is 8.69. The topological polar surface area (TPSA) is 6.48 Å². The molecule has 0 heterocycles. The fraction of sp³-hybridized carbons (Fsp3) is 0. The van der Waals surface area contributed by atoms with E-state index in [0.29, 0.717) is 0 Å². The molecule has 0 aliphatic heterocycles. The molecule has 56 heavy (non-hydrogen) atoms. The summed E-state index contributed by atoms with van der Waals surface area (Å²) in [7, 11) is 0. The van der Waals surface area contributed by atoms with Gasteiger partial charge in [0.25, 0.3) is 0 Å². The van der Waals surface area contributed by atoms with E-state index in [1.807, 2.05) is 0 Å². The van der Waals surface area contributed by atoms with Gasteiger partial charge in [0.2, 0.25) is 0 Å². The highest BCUT2D eigenvalue weighted by Crippen LogP contribution is 2.48. The lowest BCUT2D eigenvalue weighted by Crippen LogP contribution is -2.11. The van der Waals surface area contributed by atoms with E-state index in [1.165, 1.54) is 65.0 Å². The van der Waals surface area contributed by atoms with E-state index >= 15 is 0 Å². The zero-order valence-corrected chi connectivity index (χ0v) is 30.7. The van der Waals surface area contributed by atoms with Gasteiger partial charge in [-0.3, -0.25) is 0 Å². The van der Waals surface area contributed by atoms with Gasteiger partial charge in [0.15, 0.2) is 0 Å². The summed E-state index contributed by atoms with van der Waals surface area (Å²) in [6.45, 7) is 0. The molecule has 0 bridgehead atoms. The molecule has 0 aromatic heterocycles. The molecule has 11 aromatic carbocycles. The second-order valence-corrected chi connectivity index (χ2v) is 14.6. The summed E-state index contributed by atoms with van der Waals surface area (Å²) >= 11 is 0. The van der Waals surface area contributed by atoms with E-state index in [9.17, 15) is 0 Å². The second kappa shape index (κ2) is 13.2. The van der Waals surface area contributed by atoms with E-state index in [1.54, 1.807) is 0 Å². The maximum absolute atomic E-state index is 2.44. The molecule has 262 valence electrons. The van der Waals surface area contributed by atoms with Gasteiger partial charge in [-0.2, -0.15) is 0 Å². The summed E-state index contributed by atoms with van der Waals surface area (Å²) < 4.78 is 0. The molecule has 0 unspecified atom stereocenters. The average molecular weight is 713 g/mol. The Bertz CT molecular complexity index is 3170. The van der Waals surface area contributed by atoms with Crippen LogP contribution in [0.1, 0.15) is 0 Å². The molecule has 0 amide bonds. The average Bonchev–Trinajstić information content (AvgIpc) is 3.27. The van der Waals surface area contributed by atoms with Gasteiger partial charge in [0.1, 0.15) is 0 Å². The predicted molar refractivity (Wildman–Crippen MR) is 240 cm³/mol. The Morgan fingerprint density at radius 2 is 0.696 bits per heavy atom. The highest BCUT2D eigenvalue weighted by atomic mass is 15.1. The van der Waals surface area contributed by atoms with Crippen LogP contribution in [0.4, 0.5) is 34.1 Å². The van der Waals surface area contributed by atoms with Crippen LogP contribution in [-0.2, 0) is 0 Å². The van der Waals surface area contributed by atoms with Crippen molar-refractivity contribution in [2.75, 3.05) is 9.80 Å². The Kier molecular flexibility index (Phi) is 7.53. The lowest BCUT2D eigenvalue weighted by atomic mass is 9.88. The molecule has 0 saturated heterocycles. The number of hydrogen-bond donors (Lipinski definition) is 0. The van der Waals surface area contributed by atoms with Crippen LogP contribution in [0, 0.1) is 0 Å². The molecule has 2 nitrogen and oxygen atoms in total. The van der Waals surface area contributed by atoms with Gasteiger partial charge in [-0.15, -0.1) is 0 Å². The number of para-hydroxylation sites is 2. The predicted octanol–water partition coefficient (Wildman–Crippen LogP) is 15.5. The van der Waals surface area contributed by atoms with Crippen molar-refractivity contribution < 1.29 is 0 Å². The zero-order valence-electron chi connectivity index (χ0n) is 30.7. The first-order chi connectivity index (χ1) is 27.8. The molecule has 0 aliphatic carbocycles. The van der Waals surface area contributed by atoms with Crippen molar-refractivity contribution in [2.24, 2.45) is 0 Å². The van der Waals surface area contributed by atoms with Crippen LogP contribution < -0.4 is 9.80 Å². The largest absolute Gasteiger partial charge is 0.310 e. The van der Waals surface area contributed by atoms with Crippen molar-refractivity contribution in [2.45, 2.75) is 0 Å². The molecule has 0 N–H and O–H groups in total. The summed E-state index contributed by atoms with van der Waals surface area (Å²) in [6.07, 6.45) is 0. The van der Waals surface area contributed by atoms with Crippen LogP contribution in [-0.4, -0.2) is 0 Å². The summed E-state index contributed by atoms with van der Waals surface area (Å²) in [4.78, 5) is 4.79. The van der Waals surface area contributed by atoms with Crippen molar-refractivity contribution in [1.82, 2.24) is 0 Å². The Hall–Kier alpha value is -7.42. The quantitative estimate of drug-likeness (QED) is 0.152. The summed E-state index contributed by atoms with van der Waals surface area (Å²) in [5, 5.41) is 12.5. The molecule has 2 heteroatoms. The van der Waals surface area contributed by atoms with Crippen molar-refractivity contribution in [3.05, 3.63) is 218 Å². The maximum atomic E-state index is 2.44. The van der Waals surface area contributed by atoms with Crippen LogP contribution in [0.3, 0.4) is 0 Å². The molecule has 11 rings (SSSR count). The maximum Gasteiger partial charge on any atom is 0.0546 e.